The van der Waals surface area contributed by atoms with E-state index in [9.17, 15) is 18.8 Å². The van der Waals surface area contributed by atoms with E-state index in [0.717, 1.165) is 0 Å². The van der Waals surface area contributed by atoms with Crippen molar-refractivity contribution in [2.75, 3.05) is 11.9 Å². The van der Waals surface area contributed by atoms with Gasteiger partial charge < -0.3 is 19.8 Å². The third-order valence-electron chi connectivity index (χ3n) is 4.22. The average Bonchev–Trinajstić information content (AvgIpc) is 3.28. The van der Waals surface area contributed by atoms with Gasteiger partial charge in [0.15, 0.2) is 12.4 Å². The van der Waals surface area contributed by atoms with E-state index in [1.54, 1.807) is 37.3 Å². The first kappa shape index (κ1) is 20.8. The summed E-state index contributed by atoms with van der Waals surface area (Å²) in [5.74, 6) is -2.09. The smallest absolute Gasteiger partial charge is 0.340 e. The first-order valence-electron chi connectivity index (χ1n) is 9.10. The first-order chi connectivity index (χ1) is 14.4. The summed E-state index contributed by atoms with van der Waals surface area (Å²) in [7, 11) is 0. The number of para-hydroxylation sites is 1. The minimum absolute atomic E-state index is 0.0901. The Morgan fingerprint density at radius 3 is 2.47 bits per heavy atom. The molecule has 2 aromatic carbocycles. The van der Waals surface area contributed by atoms with Gasteiger partial charge in [0.05, 0.1) is 23.6 Å². The van der Waals surface area contributed by atoms with E-state index < -0.39 is 30.4 Å². The molecule has 0 aliphatic heterocycles. The number of carbonyl (C=O) groups excluding carboxylic acids is 3. The quantitative estimate of drug-likeness (QED) is 0.579. The maximum Gasteiger partial charge on any atom is 0.340 e. The summed E-state index contributed by atoms with van der Waals surface area (Å²) < 4.78 is 23.1. The lowest BCUT2D eigenvalue weighted by Crippen LogP contribution is -2.31. The van der Waals surface area contributed by atoms with E-state index in [1.807, 2.05) is 0 Å². The SMILES string of the molecule is C[C@H](NC(=O)COC(=O)c1ccccc1NC(=O)c1ccco1)c1ccc(F)cc1. The van der Waals surface area contributed by atoms with Gasteiger partial charge in [-0.15, -0.1) is 0 Å². The van der Waals surface area contributed by atoms with Gasteiger partial charge in [0.2, 0.25) is 0 Å². The van der Waals surface area contributed by atoms with Gasteiger partial charge in [-0.05, 0) is 48.9 Å². The number of ether oxygens (including phenoxy) is 1. The Hall–Kier alpha value is -3.94. The van der Waals surface area contributed by atoms with Gasteiger partial charge in [0, 0.05) is 0 Å². The molecule has 0 radical (unpaired) electrons. The molecule has 0 aliphatic rings. The standard InChI is InChI=1S/C22H19FN2O5/c1-14(15-8-10-16(23)11-9-15)24-20(26)13-30-22(28)17-5-2-3-6-18(17)25-21(27)19-7-4-12-29-19/h2-12,14H,13H2,1H3,(H,24,26)(H,25,27)/t14-/m0/s1. The number of rotatable bonds is 7. The molecule has 3 aromatic rings. The second-order valence-corrected chi connectivity index (χ2v) is 6.39. The van der Waals surface area contributed by atoms with Crippen molar-refractivity contribution in [3.05, 3.63) is 89.6 Å². The molecule has 2 N–H and O–H groups in total. The number of esters is 1. The molecule has 1 heterocycles. The summed E-state index contributed by atoms with van der Waals surface area (Å²) >= 11 is 0. The molecule has 0 saturated heterocycles. The van der Waals surface area contributed by atoms with Crippen LogP contribution in [0, 0.1) is 5.82 Å². The number of furan rings is 1. The Morgan fingerprint density at radius 1 is 1.03 bits per heavy atom. The molecule has 7 nitrogen and oxygen atoms in total. The van der Waals surface area contributed by atoms with Crippen molar-refractivity contribution in [2.24, 2.45) is 0 Å². The minimum atomic E-state index is -0.769. The largest absolute Gasteiger partial charge is 0.459 e. The number of anilines is 1. The number of carbonyl (C=O) groups is 3. The second-order valence-electron chi connectivity index (χ2n) is 6.39. The van der Waals surface area contributed by atoms with Gasteiger partial charge in [-0.2, -0.15) is 0 Å². The van der Waals surface area contributed by atoms with Crippen LogP contribution in [-0.4, -0.2) is 24.4 Å². The molecule has 1 aromatic heterocycles. The van der Waals surface area contributed by atoms with Crippen LogP contribution >= 0.6 is 0 Å². The Morgan fingerprint density at radius 2 is 1.77 bits per heavy atom. The average molecular weight is 410 g/mol. The van der Waals surface area contributed by atoms with Crippen molar-refractivity contribution < 1.29 is 27.9 Å². The summed E-state index contributed by atoms with van der Waals surface area (Å²) in [6, 6.07) is 14.6. The molecule has 0 bridgehead atoms. The molecule has 8 heteroatoms. The van der Waals surface area contributed by atoms with E-state index >= 15 is 0 Å². The maximum absolute atomic E-state index is 13.0. The molecule has 0 fully saturated rings. The van der Waals surface area contributed by atoms with Gasteiger partial charge in [-0.25, -0.2) is 9.18 Å². The van der Waals surface area contributed by atoms with Gasteiger partial charge >= 0.3 is 5.97 Å². The number of nitrogens with one attached hydrogen (secondary N) is 2. The van der Waals surface area contributed by atoms with Crippen LogP contribution in [0.15, 0.2) is 71.3 Å². The molecule has 1 atom stereocenters. The second kappa shape index (κ2) is 9.51. The van der Waals surface area contributed by atoms with Crippen LogP contribution in [0.2, 0.25) is 0 Å². The van der Waals surface area contributed by atoms with E-state index in [2.05, 4.69) is 10.6 Å². The zero-order valence-corrected chi connectivity index (χ0v) is 16.1. The molecule has 154 valence electrons. The van der Waals surface area contributed by atoms with Gasteiger partial charge in [0.25, 0.3) is 11.8 Å². The van der Waals surface area contributed by atoms with Crippen LogP contribution in [0.4, 0.5) is 10.1 Å². The van der Waals surface area contributed by atoms with Crippen molar-refractivity contribution in [3.8, 4) is 0 Å². The van der Waals surface area contributed by atoms with Crippen LogP contribution in [0.25, 0.3) is 0 Å². The van der Waals surface area contributed by atoms with E-state index in [0.29, 0.717) is 5.56 Å². The van der Waals surface area contributed by atoms with Crippen LogP contribution < -0.4 is 10.6 Å². The first-order valence-corrected chi connectivity index (χ1v) is 9.10. The monoisotopic (exact) mass is 410 g/mol. The topological polar surface area (TPSA) is 97.6 Å². The normalized spacial score (nSPS) is 11.4. The number of amides is 2. The molecular formula is C22H19FN2O5. The van der Waals surface area contributed by atoms with E-state index in [1.165, 1.54) is 36.6 Å². The van der Waals surface area contributed by atoms with Crippen molar-refractivity contribution in [2.45, 2.75) is 13.0 Å². The van der Waals surface area contributed by atoms with Crippen molar-refractivity contribution >= 4 is 23.5 Å². The minimum Gasteiger partial charge on any atom is -0.459 e. The fourth-order valence-corrected chi connectivity index (χ4v) is 2.69. The maximum atomic E-state index is 13.0. The Kier molecular flexibility index (Phi) is 6.59. The summed E-state index contributed by atoms with van der Waals surface area (Å²) in [5, 5.41) is 5.24. The zero-order chi connectivity index (χ0) is 21.5. The fourth-order valence-electron chi connectivity index (χ4n) is 2.69. The van der Waals surface area contributed by atoms with Crippen molar-refractivity contribution in [1.82, 2.24) is 5.32 Å². The van der Waals surface area contributed by atoms with Crippen LogP contribution in [0.5, 0.6) is 0 Å². The Balaban J connectivity index is 1.57. The molecule has 3 rings (SSSR count). The fraction of sp³-hybridized carbons (Fsp3) is 0.136. The lowest BCUT2D eigenvalue weighted by molar-refractivity contribution is -0.124. The van der Waals surface area contributed by atoms with E-state index in [-0.39, 0.29) is 22.8 Å². The predicted octanol–water partition coefficient (Wildman–Crippen LogP) is 3.71. The molecule has 30 heavy (non-hydrogen) atoms. The molecule has 0 aliphatic carbocycles. The highest BCUT2D eigenvalue weighted by molar-refractivity contribution is 6.06. The van der Waals surface area contributed by atoms with Crippen LogP contribution in [0.3, 0.4) is 0 Å². The highest BCUT2D eigenvalue weighted by atomic mass is 19.1. The van der Waals surface area contributed by atoms with E-state index in [4.69, 9.17) is 9.15 Å². The highest BCUT2D eigenvalue weighted by Crippen LogP contribution is 2.18. The molecule has 0 unspecified atom stereocenters. The Bertz CT molecular complexity index is 1030. The number of hydrogen-bond donors (Lipinski definition) is 2. The number of benzene rings is 2. The lowest BCUT2D eigenvalue weighted by Gasteiger charge is -2.15. The lowest BCUT2D eigenvalue weighted by atomic mass is 10.1. The summed E-state index contributed by atoms with van der Waals surface area (Å²) in [6.07, 6.45) is 1.36. The Labute approximate surface area is 171 Å². The third kappa shape index (κ3) is 5.32. The number of hydrogen-bond acceptors (Lipinski definition) is 5. The summed E-state index contributed by atoms with van der Waals surface area (Å²) in [4.78, 5) is 36.7. The molecule has 0 spiro atoms. The summed E-state index contributed by atoms with van der Waals surface area (Å²) in [5.41, 5.74) is 1.03. The van der Waals surface area contributed by atoms with Crippen LogP contribution in [-0.2, 0) is 9.53 Å². The van der Waals surface area contributed by atoms with Gasteiger partial charge in [0.1, 0.15) is 5.82 Å². The summed E-state index contributed by atoms with van der Waals surface area (Å²) in [6.45, 7) is 1.22. The molecule has 0 saturated carbocycles. The van der Waals surface area contributed by atoms with Crippen LogP contribution in [0.1, 0.15) is 39.4 Å². The highest BCUT2D eigenvalue weighted by Gasteiger charge is 2.18. The third-order valence-corrected chi connectivity index (χ3v) is 4.22. The van der Waals surface area contributed by atoms with Crippen molar-refractivity contribution in [3.63, 3.8) is 0 Å². The van der Waals surface area contributed by atoms with Gasteiger partial charge in [-0.3, -0.25) is 9.59 Å². The van der Waals surface area contributed by atoms with Crippen molar-refractivity contribution in [1.29, 1.82) is 0 Å². The van der Waals surface area contributed by atoms with Gasteiger partial charge in [-0.1, -0.05) is 24.3 Å². The predicted molar refractivity (Wildman–Crippen MR) is 106 cm³/mol. The zero-order valence-electron chi connectivity index (χ0n) is 16.1. The molecular weight excluding hydrogens is 391 g/mol. The molecule has 2 amide bonds. The number of halogens is 1.